The molecule has 0 aromatic carbocycles. The summed E-state index contributed by atoms with van der Waals surface area (Å²) in [6.45, 7) is 0. The first-order valence-corrected chi connectivity index (χ1v) is 4.65. The van der Waals surface area contributed by atoms with Crippen LogP contribution in [0.2, 0.25) is 0 Å². The van der Waals surface area contributed by atoms with Crippen LogP contribution in [0.3, 0.4) is 0 Å². The maximum atomic E-state index is 10.9. The van der Waals surface area contributed by atoms with Crippen molar-refractivity contribution in [2.45, 2.75) is 18.9 Å². The Hall–Kier alpha value is -0.770. The normalized spacial score (nSPS) is 16.4. The molecule has 1 fully saturated rings. The lowest BCUT2D eigenvalue weighted by atomic mass is 10.4. The van der Waals surface area contributed by atoms with Crippen LogP contribution in [-0.2, 0) is 0 Å². The molecule has 1 heterocycles. The summed E-state index contributed by atoms with van der Waals surface area (Å²) in [6, 6.07) is 2.26. The topological polar surface area (TPSA) is 48.0 Å². The second-order valence-electron chi connectivity index (χ2n) is 3.05. The lowest BCUT2D eigenvalue weighted by Gasteiger charge is -2.02. The molecule has 0 spiro atoms. The molecule has 0 atom stereocenters. The third-order valence-electron chi connectivity index (χ3n) is 2.01. The summed E-state index contributed by atoms with van der Waals surface area (Å²) < 4.78 is 2.87. The number of halogens is 1. The lowest BCUT2D eigenvalue weighted by Crippen LogP contribution is -2.15. The molecule has 2 rings (SSSR count). The van der Waals surface area contributed by atoms with Crippen molar-refractivity contribution >= 4 is 21.8 Å². The fourth-order valence-corrected chi connectivity index (χ4v) is 1.74. The largest absolute Gasteiger partial charge is 0.364 e. The number of nitrogens with zero attached hydrogens (tertiary/aromatic N) is 1. The number of carbonyl (C=O) groups is 1. The summed E-state index contributed by atoms with van der Waals surface area (Å²) in [4.78, 5) is 10.9. The summed E-state index contributed by atoms with van der Waals surface area (Å²) in [5.74, 6) is -0.354. The van der Waals surface area contributed by atoms with Gasteiger partial charge in [-0.15, -0.1) is 0 Å². The molecule has 0 unspecified atom stereocenters. The van der Waals surface area contributed by atoms with Crippen molar-refractivity contribution in [1.82, 2.24) is 4.57 Å². The van der Waals surface area contributed by atoms with Crippen molar-refractivity contribution in [2.75, 3.05) is 0 Å². The summed E-state index contributed by atoms with van der Waals surface area (Å²) in [6.07, 6.45) is 4.22. The fourth-order valence-electron chi connectivity index (χ4n) is 1.30. The van der Waals surface area contributed by atoms with Crippen LogP contribution in [0.4, 0.5) is 0 Å². The molecule has 12 heavy (non-hydrogen) atoms. The summed E-state index contributed by atoms with van der Waals surface area (Å²) in [7, 11) is 0. The monoisotopic (exact) mass is 228 g/mol. The van der Waals surface area contributed by atoms with Crippen LogP contribution >= 0.6 is 15.9 Å². The van der Waals surface area contributed by atoms with Crippen LogP contribution in [0.25, 0.3) is 0 Å². The molecule has 1 aromatic rings. The summed E-state index contributed by atoms with van der Waals surface area (Å²) in [5, 5.41) is 0. The van der Waals surface area contributed by atoms with Crippen LogP contribution in [-0.4, -0.2) is 10.5 Å². The molecular formula is C8H9BrN2O. The van der Waals surface area contributed by atoms with Gasteiger partial charge in [0.25, 0.3) is 5.91 Å². The molecule has 3 nitrogen and oxygen atoms in total. The second-order valence-corrected chi connectivity index (χ2v) is 3.96. The summed E-state index contributed by atoms with van der Waals surface area (Å²) >= 11 is 3.32. The number of primary amides is 1. The van der Waals surface area contributed by atoms with E-state index in [-0.39, 0.29) is 5.91 Å². The number of carbonyl (C=O) groups excluding carboxylic acids is 1. The average Bonchev–Trinajstić information content (AvgIpc) is 2.75. The zero-order valence-electron chi connectivity index (χ0n) is 6.46. The second kappa shape index (κ2) is 2.62. The van der Waals surface area contributed by atoms with E-state index in [0.29, 0.717) is 11.7 Å². The van der Waals surface area contributed by atoms with E-state index in [1.165, 1.54) is 0 Å². The minimum Gasteiger partial charge on any atom is -0.364 e. The number of hydrogen-bond donors (Lipinski definition) is 1. The van der Waals surface area contributed by atoms with E-state index in [1.807, 2.05) is 10.8 Å². The molecule has 1 saturated carbocycles. The third kappa shape index (κ3) is 1.27. The van der Waals surface area contributed by atoms with Gasteiger partial charge in [-0.25, -0.2) is 0 Å². The first kappa shape index (κ1) is 7.86. The number of hydrogen-bond acceptors (Lipinski definition) is 1. The predicted octanol–water partition coefficient (Wildman–Crippen LogP) is 1.68. The minimum absolute atomic E-state index is 0.354. The van der Waals surface area contributed by atoms with E-state index in [1.54, 1.807) is 6.07 Å². The van der Waals surface area contributed by atoms with E-state index >= 15 is 0 Å². The van der Waals surface area contributed by atoms with Crippen molar-refractivity contribution in [3.63, 3.8) is 0 Å². The van der Waals surface area contributed by atoms with Gasteiger partial charge in [-0.2, -0.15) is 0 Å². The number of amides is 1. The fraction of sp³-hybridized carbons (Fsp3) is 0.375. The van der Waals surface area contributed by atoms with Crippen LogP contribution < -0.4 is 5.73 Å². The van der Waals surface area contributed by atoms with E-state index in [9.17, 15) is 4.79 Å². The highest BCUT2D eigenvalue weighted by atomic mass is 79.9. The van der Waals surface area contributed by atoms with Gasteiger partial charge >= 0.3 is 0 Å². The smallest absolute Gasteiger partial charge is 0.265 e. The SMILES string of the molecule is NC(=O)c1cc(Br)cn1C1CC1. The number of rotatable bonds is 2. The molecule has 1 aliphatic carbocycles. The van der Waals surface area contributed by atoms with Crippen molar-refractivity contribution < 1.29 is 4.79 Å². The van der Waals surface area contributed by atoms with Gasteiger partial charge in [0.2, 0.25) is 0 Å². The Kier molecular flexibility index (Phi) is 1.72. The van der Waals surface area contributed by atoms with Crippen molar-refractivity contribution in [1.29, 1.82) is 0 Å². The van der Waals surface area contributed by atoms with E-state index in [2.05, 4.69) is 15.9 Å². The first-order chi connectivity index (χ1) is 5.68. The maximum Gasteiger partial charge on any atom is 0.265 e. The van der Waals surface area contributed by atoms with Crippen molar-refractivity contribution in [3.8, 4) is 0 Å². The Bertz CT molecular complexity index is 328. The van der Waals surface area contributed by atoms with Crippen LogP contribution in [0.1, 0.15) is 29.4 Å². The molecular weight excluding hydrogens is 220 g/mol. The zero-order chi connectivity index (χ0) is 8.72. The predicted molar refractivity (Wildman–Crippen MR) is 48.9 cm³/mol. The van der Waals surface area contributed by atoms with Crippen LogP contribution in [0, 0.1) is 0 Å². The van der Waals surface area contributed by atoms with E-state index in [4.69, 9.17) is 5.73 Å². The molecule has 64 valence electrons. The zero-order valence-corrected chi connectivity index (χ0v) is 8.04. The van der Waals surface area contributed by atoms with Crippen molar-refractivity contribution in [3.05, 3.63) is 22.4 Å². The quantitative estimate of drug-likeness (QED) is 0.823. The highest BCUT2D eigenvalue weighted by Crippen LogP contribution is 2.37. The number of aromatic nitrogens is 1. The molecule has 1 aliphatic rings. The van der Waals surface area contributed by atoms with Crippen LogP contribution in [0.5, 0.6) is 0 Å². The molecule has 1 aromatic heterocycles. The summed E-state index contributed by atoms with van der Waals surface area (Å²) in [5.41, 5.74) is 5.81. The van der Waals surface area contributed by atoms with Gasteiger partial charge in [-0.05, 0) is 34.8 Å². The van der Waals surface area contributed by atoms with Gasteiger partial charge in [0.15, 0.2) is 0 Å². The van der Waals surface area contributed by atoms with Gasteiger partial charge in [-0.1, -0.05) is 0 Å². The molecule has 0 aliphatic heterocycles. The van der Waals surface area contributed by atoms with Gasteiger partial charge < -0.3 is 10.3 Å². The van der Waals surface area contributed by atoms with Gasteiger partial charge in [0.1, 0.15) is 5.69 Å². The molecule has 1 amide bonds. The molecule has 2 N–H and O–H groups in total. The third-order valence-corrected chi connectivity index (χ3v) is 2.44. The molecule has 4 heteroatoms. The van der Waals surface area contributed by atoms with Gasteiger partial charge in [-0.3, -0.25) is 4.79 Å². The number of nitrogens with two attached hydrogens (primary N) is 1. The van der Waals surface area contributed by atoms with E-state index < -0.39 is 0 Å². The highest BCUT2D eigenvalue weighted by molar-refractivity contribution is 9.10. The minimum atomic E-state index is -0.354. The Morgan fingerprint density at radius 3 is 2.83 bits per heavy atom. The van der Waals surface area contributed by atoms with Gasteiger partial charge in [0.05, 0.1) is 0 Å². The van der Waals surface area contributed by atoms with E-state index in [0.717, 1.165) is 17.3 Å². The Balaban J connectivity index is 2.43. The van der Waals surface area contributed by atoms with Crippen LogP contribution in [0.15, 0.2) is 16.7 Å². The highest BCUT2D eigenvalue weighted by Gasteiger charge is 2.26. The maximum absolute atomic E-state index is 10.9. The molecule has 0 radical (unpaired) electrons. The Morgan fingerprint density at radius 1 is 1.67 bits per heavy atom. The Morgan fingerprint density at radius 2 is 2.33 bits per heavy atom. The lowest BCUT2D eigenvalue weighted by molar-refractivity contribution is 0.0991. The first-order valence-electron chi connectivity index (χ1n) is 3.85. The van der Waals surface area contributed by atoms with Gasteiger partial charge in [0, 0.05) is 16.7 Å². The molecule has 0 saturated heterocycles. The van der Waals surface area contributed by atoms with Crippen molar-refractivity contribution in [2.24, 2.45) is 5.73 Å². The Labute approximate surface area is 78.7 Å². The average molecular weight is 229 g/mol. The standard InChI is InChI=1S/C8H9BrN2O/c9-5-3-7(8(10)12)11(4-5)6-1-2-6/h3-4,6H,1-2H2,(H2,10,12). The molecule has 0 bridgehead atoms.